The quantitative estimate of drug-likeness (QED) is 0.812. The highest BCUT2D eigenvalue weighted by atomic mass is 32.2. The third-order valence-corrected chi connectivity index (χ3v) is 4.38. The summed E-state index contributed by atoms with van der Waals surface area (Å²) >= 11 is 1.74. The summed E-state index contributed by atoms with van der Waals surface area (Å²) in [6.45, 7) is 6.99. The van der Waals surface area contributed by atoms with Gasteiger partial charge in [0.25, 0.3) is 5.91 Å². The third kappa shape index (κ3) is 5.04. The van der Waals surface area contributed by atoms with Crippen LogP contribution in [0.5, 0.6) is 0 Å². The van der Waals surface area contributed by atoms with Crippen LogP contribution in [0.3, 0.4) is 0 Å². The molecule has 0 fully saturated rings. The molecule has 1 amide bonds. The zero-order valence-corrected chi connectivity index (χ0v) is 13.9. The minimum absolute atomic E-state index is 0.0385. The molecule has 5 heteroatoms. The van der Waals surface area contributed by atoms with E-state index in [-0.39, 0.29) is 10.7 Å². The number of nitrogens with zero attached hydrogens (tertiary/aromatic N) is 1. The zero-order valence-electron chi connectivity index (χ0n) is 13.0. The minimum atomic E-state index is -0.0385. The van der Waals surface area contributed by atoms with Crippen molar-refractivity contribution < 1.29 is 4.79 Å². The van der Waals surface area contributed by atoms with Gasteiger partial charge in [-0.05, 0) is 38.7 Å². The van der Waals surface area contributed by atoms with E-state index in [1.54, 1.807) is 17.8 Å². The van der Waals surface area contributed by atoms with Gasteiger partial charge in [-0.2, -0.15) is 11.8 Å². The number of hydrogen-bond acceptors (Lipinski definition) is 4. The van der Waals surface area contributed by atoms with Gasteiger partial charge in [0, 0.05) is 29.6 Å². The lowest BCUT2D eigenvalue weighted by Crippen LogP contribution is -2.36. The average molecular weight is 295 g/mol. The highest BCUT2D eigenvalue weighted by Gasteiger charge is 2.18. The monoisotopic (exact) mass is 295 g/mol. The molecule has 1 aromatic rings. The Morgan fingerprint density at radius 1 is 1.40 bits per heavy atom. The Kier molecular flexibility index (Phi) is 6.33. The number of rotatable bonds is 7. The summed E-state index contributed by atoms with van der Waals surface area (Å²) in [5.74, 6) is 0.702. The van der Waals surface area contributed by atoms with Crippen LogP contribution in [0.15, 0.2) is 12.1 Å². The molecule has 0 aromatic carbocycles. The molecule has 0 aliphatic rings. The van der Waals surface area contributed by atoms with Crippen molar-refractivity contribution in [3.8, 4) is 0 Å². The molecule has 0 saturated carbocycles. The second-order valence-corrected chi connectivity index (χ2v) is 6.89. The van der Waals surface area contributed by atoms with Gasteiger partial charge in [-0.25, -0.2) is 4.98 Å². The molecule has 1 aromatic heterocycles. The summed E-state index contributed by atoms with van der Waals surface area (Å²) in [5, 5.41) is 6.00. The molecule has 1 heterocycles. The van der Waals surface area contributed by atoms with Crippen LogP contribution < -0.4 is 10.6 Å². The van der Waals surface area contributed by atoms with Crippen LogP contribution in [0.2, 0.25) is 0 Å². The average Bonchev–Trinajstić information content (AvgIpc) is 2.44. The highest BCUT2D eigenvalue weighted by molar-refractivity contribution is 7.99. The minimum Gasteiger partial charge on any atom is -0.373 e. The van der Waals surface area contributed by atoms with E-state index in [4.69, 9.17) is 0 Å². The van der Waals surface area contributed by atoms with Gasteiger partial charge in [0.2, 0.25) is 0 Å². The van der Waals surface area contributed by atoms with Crippen molar-refractivity contribution in [2.24, 2.45) is 0 Å². The maximum absolute atomic E-state index is 12.3. The van der Waals surface area contributed by atoms with E-state index >= 15 is 0 Å². The second-order valence-electron chi connectivity index (χ2n) is 5.38. The first-order valence-electron chi connectivity index (χ1n) is 6.94. The van der Waals surface area contributed by atoms with Crippen LogP contribution >= 0.6 is 11.8 Å². The van der Waals surface area contributed by atoms with Crippen LogP contribution in [0.4, 0.5) is 5.82 Å². The first kappa shape index (κ1) is 16.8. The summed E-state index contributed by atoms with van der Waals surface area (Å²) in [6, 6.07) is 3.67. The van der Waals surface area contributed by atoms with E-state index in [9.17, 15) is 4.79 Å². The van der Waals surface area contributed by atoms with Crippen molar-refractivity contribution in [1.82, 2.24) is 10.3 Å². The van der Waals surface area contributed by atoms with E-state index in [0.717, 1.165) is 24.4 Å². The Hall–Kier alpha value is -1.23. The Morgan fingerprint density at radius 3 is 2.65 bits per heavy atom. The SMILES string of the molecule is CCCc1cc(C(=O)NCC(C)(C)SC)cc(NC)n1. The van der Waals surface area contributed by atoms with E-state index in [2.05, 4.69) is 42.6 Å². The zero-order chi connectivity index (χ0) is 15.2. The van der Waals surface area contributed by atoms with Gasteiger partial charge < -0.3 is 10.6 Å². The van der Waals surface area contributed by atoms with Gasteiger partial charge in [-0.1, -0.05) is 13.3 Å². The number of amides is 1. The van der Waals surface area contributed by atoms with E-state index in [0.29, 0.717) is 12.1 Å². The van der Waals surface area contributed by atoms with Crippen LogP contribution in [0.1, 0.15) is 43.2 Å². The number of aryl methyl sites for hydroxylation is 1. The smallest absolute Gasteiger partial charge is 0.251 e. The number of anilines is 1. The molecule has 0 atom stereocenters. The number of pyridine rings is 1. The number of aromatic nitrogens is 1. The van der Waals surface area contributed by atoms with Crippen LogP contribution in [-0.2, 0) is 6.42 Å². The third-order valence-electron chi connectivity index (χ3n) is 3.13. The number of hydrogen-bond donors (Lipinski definition) is 2. The van der Waals surface area contributed by atoms with Crippen molar-refractivity contribution in [3.05, 3.63) is 23.4 Å². The predicted molar refractivity (Wildman–Crippen MR) is 87.7 cm³/mol. The Bertz CT molecular complexity index is 460. The number of nitrogens with one attached hydrogen (secondary N) is 2. The first-order valence-corrected chi connectivity index (χ1v) is 8.16. The molecule has 0 unspecified atom stereocenters. The van der Waals surface area contributed by atoms with Gasteiger partial charge in [0.15, 0.2) is 0 Å². The highest BCUT2D eigenvalue weighted by Crippen LogP contribution is 2.20. The maximum Gasteiger partial charge on any atom is 0.251 e. The van der Waals surface area contributed by atoms with Crippen molar-refractivity contribution >= 4 is 23.5 Å². The van der Waals surface area contributed by atoms with E-state index in [1.807, 2.05) is 13.1 Å². The summed E-state index contributed by atoms with van der Waals surface area (Å²) in [6.07, 6.45) is 3.95. The normalized spacial score (nSPS) is 11.2. The fraction of sp³-hybridized carbons (Fsp3) is 0.600. The molecule has 0 bridgehead atoms. The van der Waals surface area contributed by atoms with E-state index in [1.165, 1.54) is 0 Å². The molecule has 20 heavy (non-hydrogen) atoms. The number of carbonyl (C=O) groups excluding carboxylic acids is 1. The molecule has 112 valence electrons. The van der Waals surface area contributed by atoms with Gasteiger partial charge in [0.1, 0.15) is 5.82 Å². The first-order chi connectivity index (χ1) is 9.41. The topological polar surface area (TPSA) is 54.0 Å². The van der Waals surface area contributed by atoms with Crippen molar-refractivity contribution in [1.29, 1.82) is 0 Å². The predicted octanol–water partition coefficient (Wildman–Crippen LogP) is 2.95. The molecular weight excluding hydrogens is 270 g/mol. The fourth-order valence-electron chi connectivity index (χ4n) is 1.70. The maximum atomic E-state index is 12.3. The van der Waals surface area contributed by atoms with Crippen molar-refractivity contribution in [2.75, 3.05) is 25.2 Å². The van der Waals surface area contributed by atoms with Crippen LogP contribution in [0, 0.1) is 0 Å². The summed E-state index contributed by atoms with van der Waals surface area (Å²) < 4.78 is 0.0424. The molecule has 0 aliphatic heterocycles. The van der Waals surface area contributed by atoms with Gasteiger partial charge >= 0.3 is 0 Å². The molecule has 0 aliphatic carbocycles. The lowest BCUT2D eigenvalue weighted by Gasteiger charge is -2.22. The molecule has 0 radical (unpaired) electrons. The fourth-order valence-corrected chi connectivity index (χ4v) is 1.91. The molecular formula is C15H25N3OS. The second kappa shape index (κ2) is 7.53. The number of thioether (sulfide) groups is 1. The Morgan fingerprint density at radius 2 is 2.10 bits per heavy atom. The standard InChI is InChI=1S/C15H25N3OS/c1-6-7-12-8-11(9-13(16-4)18-12)14(19)17-10-15(2,3)20-5/h8-9H,6-7,10H2,1-5H3,(H,16,18)(H,17,19). The van der Waals surface area contributed by atoms with E-state index < -0.39 is 0 Å². The largest absolute Gasteiger partial charge is 0.373 e. The lowest BCUT2D eigenvalue weighted by atomic mass is 10.1. The van der Waals surface area contributed by atoms with Crippen molar-refractivity contribution in [2.45, 2.75) is 38.4 Å². The molecule has 4 nitrogen and oxygen atoms in total. The van der Waals surface area contributed by atoms with Gasteiger partial charge in [0.05, 0.1) is 0 Å². The van der Waals surface area contributed by atoms with Crippen LogP contribution in [0.25, 0.3) is 0 Å². The summed E-state index contributed by atoms with van der Waals surface area (Å²) in [4.78, 5) is 16.7. The van der Waals surface area contributed by atoms with Crippen molar-refractivity contribution in [3.63, 3.8) is 0 Å². The van der Waals surface area contributed by atoms with Gasteiger partial charge in [-0.3, -0.25) is 4.79 Å². The summed E-state index contributed by atoms with van der Waals surface area (Å²) in [7, 11) is 1.82. The molecule has 1 rings (SSSR count). The Labute approximate surface area is 126 Å². The van der Waals surface area contributed by atoms with Gasteiger partial charge in [-0.15, -0.1) is 0 Å². The molecule has 0 spiro atoms. The number of carbonyl (C=O) groups is 1. The Balaban J connectivity index is 2.83. The lowest BCUT2D eigenvalue weighted by molar-refractivity contribution is 0.0950. The summed E-state index contributed by atoms with van der Waals surface area (Å²) in [5.41, 5.74) is 1.62. The molecule has 2 N–H and O–H groups in total. The van der Waals surface area contributed by atoms with Crippen LogP contribution in [-0.4, -0.2) is 35.5 Å². The molecule has 0 saturated heterocycles.